The summed E-state index contributed by atoms with van der Waals surface area (Å²) >= 11 is 0. The van der Waals surface area contributed by atoms with E-state index in [-0.39, 0.29) is 15.7 Å². The highest BCUT2D eigenvalue weighted by atomic mass is 32.2. The molecule has 4 rings (SSSR count). The van der Waals surface area contributed by atoms with Crippen molar-refractivity contribution in [2.45, 2.75) is 54.2 Å². The SMILES string of the molecule is CC1(C)Oc2ccc(S(=O)(=O)c3ccc(F)cc3)cc2[C@@H](N2CCCC2=O)[C@@H]1O. The Morgan fingerprint density at radius 1 is 1.14 bits per heavy atom. The van der Waals surface area contributed by atoms with Gasteiger partial charge >= 0.3 is 0 Å². The first-order valence-electron chi connectivity index (χ1n) is 9.42. The molecule has 2 aliphatic rings. The van der Waals surface area contributed by atoms with Gasteiger partial charge in [-0.15, -0.1) is 0 Å². The van der Waals surface area contributed by atoms with Crippen LogP contribution in [0, 0.1) is 5.82 Å². The molecule has 0 unspecified atom stereocenters. The lowest BCUT2D eigenvalue weighted by molar-refractivity contribution is -0.139. The van der Waals surface area contributed by atoms with Gasteiger partial charge in [-0.1, -0.05) is 0 Å². The summed E-state index contributed by atoms with van der Waals surface area (Å²) < 4.78 is 45.2. The van der Waals surface area contributed by atoms with Gasteiger partial charge in [-0.05, 0) is 62.7 Å². The van der Waals surface area contributed by atoms with Crippen LogP contribution in [0.25, 0.3) is 0 Å². The van der Waals surface area contributed by atoms with Gasteiger partial charge in [0.05, 0.1) is 15.8 Å². The Kier molecular flexibility index (Phi) is 4.66. The van der Waals surface area contributed by atoms with Crippen molar-refractivity contribution in [1.29, 1.82) is 0 Å². The molecule has 2 aliphatic heterocycles. The zero-order valence-corrected chi connectivity index (χ0v) is 16.9. The summed E-state index contributed by atoms with van der Waals surface area (Å²) in [4.78, 5) is 14.0. The number of ether oxygens (including phenoxy) is 1. The smallest absolute Gasteiger partial charge is 0.223 e. The molecule has 2 aromatic carbocycles. The number of hydrogen-bond donors (Lipinski definition) is 1. The second kappa shape index (κ2) is 6.81. The Labute approximate surface area is 168 Å². The van der Waals surface area contributed by atoms with E-state index in [1.54, 1.807) is 24.8 Å². The largest absolute Gasteiger partial charge is 0.485 e. The molecule has 2 aromatic rings. The van der Waals surface area contributed by atoms with E-state index in [2.05, 4.69) is 0 Å². The second-order valence-corrected chi connectivity index (χ2v) is 9.89. The second-order valence-electron chi connectivity index (χ2n) is 7.94. The Morgan fingerprint density at radius 2 is 1.79 bits per heavy atom. The monoisotopic (exact) mass is 419 g/mol. The molecule has 2 heterocycles. The number of fused-ring (bicyclic) bond motifs is 1. The number of carbonyl (C=O) groups is 1. The zero-order valence-electron chi connectivity index (χ0n) is 16.1. The van der Waals surface area contributed by atoms with Crippen molar-refractivity contribution in [2.24, 2.45) is 0 Å². The first-order chi connectivity index (χ1) is 13.6. The fraction of sp³-hybridized carbons (Fsp3) is 0.381. The Balaban J connectivity index is 1.83. The van der Waals surface area contributed by atoms with Crippen molar-refractivity contribution >= 4 is 15.7 Å². The van der Waals surface area contributed by atoms with Crippen LogP contribution in [0.5, 0.6) is 5.75 Å². The van der Waals surface area contributed by atoms with E-state index >= 15 is 0 Å². The quantitative estimate of drug-likeness (QED) is 0.774. The number of carbonyl (C=O) groups excluding carboxylic acids is 1. The summed E-state index contributed by atoms with van der Waals surface area (Å²) in [6.45, 7) is 3.96. The van der Waals surface area contributed by atoms with Gasteiger partial charge in [-0.25, -0.2) is 12.8 Å². The van der Waals surface area contributed by atoms with Gasteiger partial charge < -0.3 is 14.7 Å². The van der Waals surface area contributed by atoms with Crippen molar-refractivity contribution in [1.82, 2.24) is 4.90 Å². The molecule has 0 radical (unpaired) electrons. The van der Waals surface area contributed by atoms with E-state index in [9.17, 15) is 22.7 Å². The lowest BCUT2D eigenvalue weighted by atomic mass is 9.85. The molecule has 154 valence electrons. The molecule has 1 N–H and O–H groups in total. The van der Waals surface area contributed by atoms with Gasteiger partial charge in [0.2, 0.25) is 15.7 Å². The fourth-order valence-electron chi connectivity index (χ4n) is 3.96. The third-order valence-corrected chi connectivity index (χ3v) is 7.33. The van der Waals surface area contributed by atoms with Crippen LogP contribution in [0.15, 0.2) is 52.3 Å². The van der Waals surface area contributed by atoms with Crippen molar-refractivity contribution < 1.29 is 27.4 Å². The summed E-state index contributed by atoms with van der Waals surface area (Å²) in [5, 5.41) is 11.0. The van der Waals surface area contributed by atoms with Crippen molar-refractivity contribution in [3.63, 3.8) is 0 Å². The minimum absolute atomic E-state index is 0.00462. The number of benzene rings is 2. The number of likely N-dealkylation sites (tertiary alicyclic amines) is 1. The van der Waals surface area contributed by atoms with E-state index in [0.717, 1.165) is 12.1 Å². The van der Waals surface area contributed by atoms with Gasteiger partial charge in [0.25, 0.3) is 0 Å². The van der Waals surface area contributed by atoms with Crippen LogP contribution >= 0.6 is 0 Å². The van der Waals surface area contributed by atoms with Crippen LogP contribution < -0.4 is 4.74 Å². The Hall–Kier alpha value is -2.45. The van der Waals surface area contributed by atoms with Crippen LogP contribution in [0.4, 0.5) is 4.39 Å². The number of hydrogen-bond acceptors (Lipinski definition) is 5. The molecule has 0 aliphatic carbocycles. The van der Waals surface area contributed by atoms with E-state index < -0.39 is 33.4 Å². The fourth-order valence-corrected chi connectivity index (χ4v) is 5.26. The summed E-state index contributed by atoms with van der Waals surface area (Å²) in [6, 6.07) is 8.31. The molecule has 0 aromatic heterocycles. The first-order valence-corrected chi connectivity index (χ1v) is 10.9. The van der Waals surface area contributed by atoms with E-state index in [1.165, 1.54) is 24.3 Å². The van der Waals surface area contributed by atoms with Gasteiger partial charge in [0, 0.05) is 18.5 Å². The average molecular weight is 419 g/mol. The lowest BCUT2D eigenvalue weighted by Gasteiger charge is -2.45. The van der Waals surface area contributed by atoms with Crippen LogP contribution in [-0.4, -0.2) is 42.6 Å². The molecule has 29 heavy (non-hydrogen) atoms. The van der Waals surface area contributed by atoms with Gasteiger partial charge in [-0.2, -0.15) is 0 Å². The minimum atomic E-state index is -3.90. The molecule has 0 spiro atoms. The van der Waals surface area contributed by atoms with Gasteiger partial charge in [-0.3, -0.25) is 4.79 Å². The molecule has 0 saturated carbocycles. The minimum Gasteiger partial charge on any atom is -0.485 e. The van der Waals surface area contributed by atoms with Crippen LogP contribution in [0.1, 0.15) is 38.3 Å². The standard InChI is InChI=1S/C21H22FNO5S/c1-21(2)20(25)19(23-11-3-4-18(23)24)16-12-15(9-10-17(16)28-21)29(26,27)14-7-5-13(22)6-8-14/h5-10,12,19-20,25H,3-4,11H2,1-2H3/t19-,20+/m1/s1. The lowest BCUT2D eigenvalue weighted by Crippen LogP contribution is -2.53. The summed E-state index contributed by atoms with van der Waals surface area (Å²) in [5.41, 5.74) is -0.493. The average Bonchev–Trinajstić information content (AvgIpc) is 3.08. The first kappa shape index (κ1) is 19.8. The van der Waals surface area contributed by atoms with E-state index in [0.29, 0.717) is 30.7 Å². The third-order valence-electron chi connectivity index (χ3n) is 5.56. The van der Waals surface area contributed by atoms with E-state index in [1.807, 2.05) is 0 Å². The molecule has 1 fully saturated rings. The normalized spacial score (nSPS) is 23.6. The number of aliphatic hydroxyl groups excluding tert-OH is 1. The van der Waals surface area contributed by atoms with Gasteiger partial charge in [0.15, 0.2) is 0 Å². The van der Waals surface area contributed by atoms with Crippen molar-refractivity contribution in [3.05, 3.63) is 53.8 Å². The third kappa shape index (κ3) is 3.30. The van der Waals surface area contributed by atoms with Crippen LogP contribution in [0.3, 0.4) is 0 Å². The Morgan fingerprint density at radius 3 is 2.41 bits per heavy atom. The highest BCUT2D eigenvalue weighted by molar-refractivity contribution is 7.91. The zero-order chi connectivity index (χ0) is 21.0. The molecule has 8 heteroatoms. The highest BCUT2D eigenvalue weighted by Crippen LogP contribution is 2.45. The van der Waals surface area contributed by atoms with Crippen molar-refractivity contribution in [3.8, 4) is 5.75 Å². The number of halogens is 1. The molecule has 2 atom stereocenters. The van der Waals surface area contributed by atoms with Gasteiger partial charge in [0.1, 0.15) is 23.3 Å². The number of sulfone groups is 1. The van der Waals surface area contributed by atoms with E-state index in [4.69, 9.17) is 4.74 Å². The molecular formula is C21H22FNO5S. The van der Waals surface area contributed by atoms with Crippen molar-refractivity contribution in [2.75, 3.05) is 6.54 Å². The summed E-state index contributed by atoms with van der Waals surface area (Å²) in [7, 11) is -3.90. The summed E-state index contributed by atoms with van der Waals surface area (Å²) in [6.07, 6.45) is 0.0560. The number of rotatable bonds is 3. The number of aliphatic hydroxyl groups is 1. The molecule has 1 amide bonds. The Bertz CT molecular complexity index is 1060. The van der Waals surface area contributed by atoms with Crippen LogP contribution in [0.2, 0.25) is 0 Å². The topological polar surface area (TPSA) is 83.9 Å². The number of nitrogens with zero attached hydrogens (tertiary/aromatic N) is 1. The molecular weight excluding hydrogens is 397 g/mol. The summed E-state index contributed by atoms with van der Waals surface area (Å²) in [5.74, 6) is -0.173. The number of amides is 1. The predicted molar refractivity (Wildman–Crippen MR) is 103 cm³/mol. The maximum Gasteiger partial charge on any atom is 0.223 e. The predicted octanol–water partition coefficient (Wildman–Crippen LogP) is 2.85. The molecule has 0 bridgehead atoms. The maximum atomic E-state index is 13.2. The maximum absolute atomic E-state index is 13.2. The molecule has 1 saturated heterocycles. The molecule has 6 nitrogen and oxygen atoms in total. The highest BCUT2D eigenvalue weighted by Gasteiger charge is 2.47. The van der Waals surface area contributed by atoms with Crippen LogP contribution in [-0.2, 0) is 14.6 Å².